The number of benzene rings is 3. The topological polar surface area (TPSA) is 64.4 Å². The van der Waals surface area contributed by atoms with Crippen LogP contribution in [0.5, 0.6) is 5.75 Å². The van der Waals surface area contributed by atoms with Crippen molar-refractivity contribution < 1.29 is 9.53 Å². The second-order valence-corrected chi connectivity index (χ2v) is 8.54. The minimum absolute atomic E-state index is 0.159. The van der Waals surface area contributed by atoms with E-state index < -0.39 is 6.04 Å². The number of nitrogens with zero attached hydrogens (tertiary/aromatic N) is 3. The van der Waals surface area contributed by atoms with Gasteiger partial charge in [-0.25, -0.2) is 4.98 Å². The van der Waals surface area contributed by atoms with Gasteiger partial charge in [-0.3, -0.25) is 14.2 Å². The van der Waals surface area contributed by atoms with Gasteiger partial charge in [-0.05, 0) is 75.4 Å². The average Bonchev–Trinajstić information content (AvgIpc) is 2.84. The first-order valence-corrected chi connectivity index (χ1v) is 11.5. The number of hydrogen-bond acceptors (Lipinski definition) is 4. The largest absolute Gasteiger partial charge is 0.497 e. The van der Waals surface area contributed by atoms with Crippen LogP contribution in [-0.4, -0.2) is 34.0 Å². The van der Waals surface area contributed by atoms with Crippen LogP contribution in [0.4, 0.5) is 0 Å². The molecule has 0 fully saturated rings. The fraction of sp³-hybridized carbons (Fsp3) is 0.222. The van der Waals surface area contributed by atoms with Crippen LogP contribution in [0, 0.1) is 6.92 Å². The summed E-state index contributed by atoms with van der Waals surface area (Å²) in [6, 6.07) is 19.2. The summed E-state index contributed by atoms with van der Waals surface area (Å²) in [6.45, 7) is 6.21. The minimum atomic E-state index is -0.489. The first-order chi connectivity index (χ1) is 16.3. The van der Waals surface area contributed by atoms with Gasteiger partial charge in [0.1, 0.15) is 11.6 Å². The summed E-state index contributed by atoms with van der Waals surface area (Å²) < 4.78 is 6.79. The van der Waals surface area contributed by atoms with Gasteiger partial charge in [0.15, 0.2) is 0 Å². The van der Waals surface area contributed by atoms with Gasteiger partial charge in [-0.1, -0.05) is 29.3 Å². The molecule has 0 aliphatic carbocycles. The van der Waals surface area contributed by atoms with Crippen LogP contribution in [0.25, 0.3) is 16.6 Å². The van der Waals surface area contributed by atoms with Gasteiger partial charge in [0.25, 0.3) is 11.5 Å². The fourth-order valence-electron chi connectivity index (χ4n) is 4.03. The van der Waals surface area contributed by atoms with Crippen LogP contribution in [-0.2, 0) is 0 Å². The molecule has 4 aromatic rings. The van der Waals surface area contributed by atoms with Crippen molar-refractivity contribution >= 4 is 28.4 Å². The molecule has 7 heteroatoms. The number of halogens is 1. The van der Waals surface area contributed by atoms with Crippen molar-refractivity contribution in [2.75, 3.05) is 13.7 Å². The molecule has 1 heterocycles. The Bertz CT molecular complexity index is 1400. The third-order valence-corrected chi connectivity index (χ3v) is 6.16. The van der Waals surface area contributed by atoms with Crippen LogP contribution in [0.2, 0.25) is 5.02 Å². The van der Waals surface area contributed by atoms with Crippen LogP contribution in [0.15, 0.2) is 71.5 Å². The van der Waals surface area contributed by atoms with E-state index >= 15 is 0 Å². The van der Waals surface area contributed by atoms with Gasteiger partial charge in [0.05, 0.1) is 29.7 Å². The van der Waals surface area contributed by atoms with Gasteiger partial charge in [-0.2, -0.15) is 0 Å². The Morgan fingerprint density at radius 2 is 1.76 bits per heavy atom. The third kappa shape index (κ3) is 4.41. The Morgan fingerprint density at radius 3 is 2.38 bits per heavy atom. The Balaban J connectivity index is 1.88. The van der Waals surface area contributed by atoms with Crippen LogP contribution < -0.4 is 10.3 Å². The number of amides is 1. The van der Waals surface area contributed by atoms with Crippen LogP contribution in [0.1, 0.15) is 41.6 Å². The van der Waals surface area contributed by atoms with Crippen molar-refractivity contribution in [3.05, 3.63) is 99.1 Å². The molecule has 174 valence electrons. The summed E-state index contributed by atoms with van der Waals surface area (Å²) in [5.41, 5.74) is 2.59. The quantitative estimate of drug-likeness (QED) is 0.365. The molecule has 6 nitrogen and oxygen atoms in total. The van der Waals surface area contributed by atoms with E-state index in [9.17, 15) is 9.59 Å². The summed E-state index contributed by atoms with van der Waals surface area (Å²) in [4.78, 5) is 33.6. The van der Waals surface area contributed by atoms with Gasteiger partial charge in [0.2, 0.25) is 0 Å². The molecule has 0 aliphatic heterocycles. The van der Waals surface area contributed by atoms with E-state index in [1.807, 2.05) is 45.0 Å². The van der Waals surface area contributed by atoms with Crippen molar-refractivity contribution in [3.8, 4) is 11.4 Å². The standard InChI is InChI=1S/C27H26ClN3O3/c1-5-30(26(32)19-8-13-22(34-4)14-9-19)18(3)25-29-24-16-20(28)10-15-23(24)27(33)31(25)21-11-6-17(2)7-12-21/h6-16,18H,5H2,1-4H3. The molecule has 4 rings (SSSR count). The lowest BCUT2D eigenvalue weighted by Gasteiger charge is -2.29. The molecular formula is C27H26ClN3O3. The summed E-state index contributed by atoms with van der Waals surface area (Å²) in [5.74, 6) is 0.981. The number of carbonyl (C=O) groups excluding carboxylic acids is 1. The van der Waals surface area contributed by atoms with E-state index in [1.165, 1.54) is 0 Å². The second kappa shape index (κ2) is 9.69. The fourth-order valence-corrected chi connectivity index (χ4v) is 4.20. The number of rotatable bonds is 6. The van der Waals surface area contributed by atoms with E-state index in [2.05, 4.69) is 0 Å². The molecule has 3 aromatic carbocycles. The number of hydrogen-bond donors (Lipinski definition) is 0. The number of fused-ring (bicyclic) bond motifs is 1. The maximum Gasteiger partial charge on any atom is 0.266 e. The number of ether oxygens (including phenoxy) is 1. The highest BCUT2D eigenvalue weighted by atomic mass is 35.5. The summed E-state index contributed by atoms with van der Waals surface area (Å²) in [6.07, 6.45) is 0. The number of aromatic nitrogens is 2. The zero-order valence-electron chi connectivity index (χ0n) is 19.6. The molecule has 0 aliphatic rings. The van der Waals surface area contributed by atoms with E-state index in [1.54, 1.807) is 59.0 Å². The second-order valence-electron chi connectivity index (χ2n) is 8.10. The minimum Gasteiger partial charge on any atom is -0.497 e. The number of carbonyl (C=O) groups is 1. The van der Waals surface area contributed by atoms with Crippen molar-refractivity contribution in [3.63, 3.8) is 0 Å². The lowest BCUT2D eigenvalue weighted by molar-refractivity contribution is 0.0693. The maximum atomic E-state index is 13.6. The van der Waals surface area contributed by atoms with E-state index in [4.69, 9.17) is 21.3 Å². The lowest BCUT2D eigenvalue weighted by Crippen LogP contribution is -2.37. The molecule has 1 unspecified atom stereocenters. The molecule has 0 saturated carbocycles. The molecule has 1 atom stereocenters. The highest BCUT2D eigenvalue weighted by Crippen LogP contribution is 2.26. The van der Waals surface area contributed by atoms with Crippen molar-refractivity contribution in [1.29, 1.82) is 0 Å². The van der Waals surface area contributed by atoms with Crippen LogP contribution in [0.3, 0.4) is 0 Å². The molecule has 0 spiro atoms. The van der Waals surface area contributed by atoms with E-state index in [-0.39, 0.29) is 11.5 Å². The zero-order chi connectivity index (χ0) is 24.4. The Labute approximate surface area is 203 Å². The highest BCUT2D eigenvalue weighted by Gasteiger charge is 2.26. The van der Waals surface area contributed by atoms with Crippen molar-refractivity contribution in [2.24, 2.45) is 0 Å². The molecule has 1 amide bonds. The smallest absolute Gasteiger partial charge is 0.266 e. The first-order valence-electron chi connectivity index (χ1n) is 11.1. The normalized spacial score (nSPS) is 11.9. The summed E-state index contributed by atoms with van der Waals surface area (Å²) in [7, 11) is 1.58. The third-order valence-electron chi connectivity index (χ3n) is 5.93. The Kier molecular flexibility index (Phi) is 6.70. The Morgan fingerprint density at radius 1 is 1.09 bits per heavy atom. The predicted molar refractivity (Wildman–Crippen MR) is 135 cm³/mol. The van der Waals surface area contributed by atoms with Gasteiger partial charge in [0, 0.05) is 17.1 Å². The molecule has 0 radical (unpaired) electrons. The van der Waals surface area contributed by atoms with Crippen LogP contribution >= 0.6 is 11.6 Å². The molecule has 1 aromatic heterocycles. The maximum absolute atomic E-state index is 13.6. The predicted octanol–water partition coefficient (Wildman–Crippen LogP) is 5.58. The monoisotopic (exact) mass is 475 g/mol. The molecule has 0 bridgehead atoms. The summed E-state index contributed by atoms with van der Waals surface area (Å²) in [5, 5.41) is 0.957. The highest BCUT2D eigenvalue weighted by molar-refractivity contribution is 6.31. The van der Waals surface area contributed by atoms with Crippen molar-refractivity contribution in [1.82, 2.24) is 14.5 Å². The average molecular weight is 476 g/mol. The summed E-state index contributed by atoms with van der Waals surface area (Å²) >= 11 is 6.20. The molecule has 0 saturated heterocycles. The van der Waals surface area contributed by atoms with Gasteiger partial charge in [-0.15, -0.1) is 0 Å². The lowest BCUT2D eigenvalue weighted by atomic mass is 10.1. The van der Waals surface area contributed by atoms with Crippen molar-refractivity contribution in [2.45, 2.75) is 26.8 Å². The molecular weight excluding hydrogens is 450 g/mol. The van der Waals surface area contributed by atoms with Gasteiger partial charge >= 0.3 is 0 Å². The van der Waals surface area contributed by atoms with E-state index in [0.29, 0.717) is 45.3 Å². The zero-order valence-corrected chi connectivity index (χ0v) is 20.3. The SMILES string of the molecule is CCN(C(=O)c1ccc(OC)cc1)C(C)c1nc2cc(Cl)ccc2c(=O)n1-c1ccc(C)cc1. The molecule has 34 heavy (non-hydrogen) atoms. The number of methoxy groups -OCH3 is 1. The Hall–Kier alpha value is -3.64. The van der Waals surface area contributed by atoms with E-state index in [0.717, 1.165) is 5.56 Å². The first kappa shape index (κ1) is 23.5. The van der Waals surface area contributed by atoms with Gasteiger partial charge < -0.3 is 9.64 Å². The molecule has 0 N–H and O–H groups in total. The number of aryl methyl sites for hydroxylation is 1.